The first kappa shape index (κ1) is 17.7. The highest BCUT2D eigenvalue weighted by atomic mass is 16.5. The third-order valence-corrected chi connectivity index (χ3v) is 3.66. The van der Waals surface area contributed by atoms with E-state index in [-0.39, 0.29) is 5.91 Å². The van der Waals surface area contributed by atoms with E-state index in [1.165, 1.54) is 0 Å². The van der Waals surface area contributed by atoms with E-state index in [0.29, 0.717) is 23.4 Å². The highest BCUT2D eigenvalue weighted by Crippen LogP contribution is 2.17. The number of carbonyl (C=O) groups excluding carboxylic acids is 2. The number of rotatable bonds is 8. The SMILES string of the molecule is CCCCCCOC(=O)c1ccccc1NC(=O)c1ccccc1. The van der Waals surface area contributed by atoms with Crippen molar-refractivity contribution in [2.24, 2.45) is 0 Å². The van der Waals surface area contributed by atoms with Crippen LogP contribution in [0.2, 0.25) is 0 Å². The maximum absolute atomic E-state index is 12.3. The monoisotopic (exact) mass is 325 g/mol. The second-order valence-corrected chi connectivity index (χ2v) is 5.56. The molecule has 0 saturated carbocycles. The maximum atomic E-state index is 12.3. The lowest BCUT2D eigenvalue weighted by Gasteiger charge is -2.11. The van der Waals surface area contributed by atoms with Crippen LogP contribution in [-0.2, 0) is 4.74 Å². The number of para-hydroxylation sites is 1. The van der Waals surface area contributed by atoms with Crippen molar-refractivity contribution in [3.8, 4) is 0 Å². The Hall–Kier alpha value is -2.62. The fourth-order valence-corrected chi connectivity index (χ4v) is 2.33. The molecule has 1 N–H and O–H groups in total. The second kappa shape index (κ2) is 9.50. The minimum Gasteiger partial charge on any atom is -0.462 e. The first-order valence-corrected chi connectivity index (χ1v) is 8.35. The second-order valence-electron chi connectivity index (χ2n) is 5.56. The van der Waals surface area contributed by atoms with Gasteiger partial charge in [-0.05, 0) is 30.7 Å². The zero-order valence-corrected chi connectivity index (χ0v) is 14.0. The molecule has 24 heavy (non-hydrogen) atoms. The van der Waals surface area contributed by atoms with Crippen LogP contribution in [0.3, 0.4) is 0 Å². The molecule has 0 radical (unpaired) electrons. The molecular weight excluding hydrogens is 302 g/mol. The van der Waals surface area contributed by atoms with Crippen molar-refractivity contribution in [2.75, 3.05) is 11.9 Å². The van der Waals surface area contributed by atoms with Crippen molar-refractivity contribution in [3.63, 3.8) is 0 Å². The van der Waals surface area contributed by atoms with Gasteiger partial charge in [0.15, 0.2) is 0 Å². The van der Waals surface area contributed by atoms with Gasteiger partial charge in [0.2, 0.25) is 0 Å². The molecule has 2 aromatic carbocycles. The lowest BCUT2D eigenvalue weighted by molar-refractivity contribution is 0.0499. The van der Waals surface area contributed by atoms with Gasteiger partial charge in [-0.25, -0.2) is 4.79 Å². The first-order valence-electron chi connectivity index (χ1n) is 8.35. The lowest BCUT2D eigenvalue weighted by Crippen LogP contribution is -2.16. The van der Waals surface area contributed by atoms with Crippen molar-refractivity contribution in [2.45, 2.75) is 32.6 Å². The number of nitrogens with one attached hydrogen (secondary N) is 1. The largest absolute Gasteiger partial charge is 0.462 e. The number of hydrogen-bond donors (Lipinski definition) is 1. The van der Waals surface area contributed by atoms with Crippen molar-refractivity contribution in [1.82, 2.24) is 0 Å². The molecule has 2 aromatic rings. The number of esters is 1. The van der Waals surface area contributed by atoms with Gasteiger partial charge in [-0.2, -0.15) is 0 Å². The molecule has 4 nitrogen and oxygen atoms in total. The number of amides is 1. The molecule has 4 heteroatoms. The number of carbonyl (C=O) groups is 2. The van der Waals surface area contributed by atoms with E-state index in [1.807, 2.05) is 6.07 Å². The Kier molecular flexibility index (Phi) is 7.02. The van der Waals surface area contributed by atoms with Crippen LogP contribution in [0.5, 0.6) is 0 Å². The van der Waals surface area contributed by atoms with Crippen LogP contribution in [0.25, 0.3) is 0 Å². The standard InChI is InChI=1S/C20H23NO3/c1-2-3-4-10-15-24-20(23)17-13-8-9-14-18(17)21-19(22)16-11-6-5-7-12-16/h5-9,11-14H,2-4,10,15H2,1H3,(H,21,22). The fourth-order valence-electron chi connectivity index (χ4n) is 2.33. The highest BCUT2D eigenvalue weighted by Gasteiger charge is 2.14. The molecule has 0 aliphatic heterocycles. The topological polar surface area (TPSA) is 55.4 Å². The molecule has 1 amide bonds. The van der Waals surface area contributed by atoms with Crippen LogP contribution in [0.1, 0.15) is 53.3 Å². The quantitative estimate of drug-likeness (QED) is 0.566. The Morgan fingerprint density at radius 3 is 2.38 bits per heavy atom. The molecule has 0 fully saturated rings. The fraction of sp³-hybridized carbons (Fsp3) is 0.300. The molecule has 0 saturated heterocycles. The van der Waals surface area contributed by atoms with Crippen LogP contribution >= 0.6 is 0 Å². The van der Waals surface area contributed by atoms with E-state index in [4.69, 9.17) is 4.74 Å². The smallest absolute Gasteiger partial charge is 0.340 e. The summed E-state index contributed by atoms with van der Waals surface area (Å²) in [4.78, 5) is 24.5. The normalized spacial score (nSPS) is 10.2. The van der Waals surface area contributed by atoms with Gasteiger partial charge >= 0.3 is 5.97 Å². The highest BCUT2D eigenvalue weighted by molar-refractivity contribution is 6.07. The Morgan fingerprint density at radius 2 is 1.62 bits per heavy atom. The molecule has 0 bridgehead atoms. The average molecular weight is 325 g/mol. The van der Waals surface area contributed by atoms with Crippen molar-refractivity contribution in [3.05, 3.63) is 65.7 Å². The molecule has 0 aliphatic carbocycles. The van der Waals surface area contributed by atoms with Gasteiger partial charge in [0.25, 0.3) is 5.91 Å². The maximum Gasteiger partial charge on any atom is 0.340 e. The molecule has 0 heterocycles. The molecule has 0 unspecified atom stereocenters. The Labute approximate surface area is 142 Å². The molecule has 0 spiro atoms. The predicted octanol–water partition coefficient (Wildman–Crippen LogP) is 4.68. The van der Waals surface area contributed by atoms with Crippen LogP contribution in [0.4, 0.5) is 5.69 Å². The number of unbranched alkanes of at least 4 members (excludes halogenated alkanes) is 3. The van der Waals surface area contributed by atoms with E-state index in [9.17, 15) is 9.59 Å². The third kappa shape index (κ3) is 5.23. The van der Waals surface area contributed by atoms with Crippen LogP contribution in [0.15, 0.2) is 54.6 Å². The zero-order valence-electron chi connectivity index (χ0n) is 14.0. The van der Waals surface area contributed by atoms with Gasteiger partial charge in [0, 0.05) is 5.56 Å². The first-order chi connectivity index (χ1) is 11.7. The Bertz CT molecular complexity index is 668. The van der Waals surface area contributed by atoms with E-state index >= 15 is 0 Å². The number of anilines is 1. The molecule has 0 aliphatic rings. The van der Waals surface area contributed by atoms with E-state index in [0.717, 1.165) is 25.7 Å². The van der Waals surface area contributed by atoms with Crippen molar-refractivity contribution >= 4 is 17.6 Å². The van der Waals surface area contributed by atoms with Gasteiger partial charge in [-0.1, -0.05) is 56.5 Å². The van der Waals surface area contributed by atoms with Gasteiger partial charge in [-0.3, -0.25) is 4.79 Å². The summed E-state index contributed by atoms with van der Waals surface area (Å²) in [6.45, 7) is 2.54. The zero-order chi connectivity index (χ0) is 17.2. The van der Waals surface area contributed by atoms with E-state index in [2.05, 4.69) is 12.2 Å². The molecule has 126 valence electrons. The van der Waals surface area contributed by atoms with Gasteiger partial charge < -0.3 is 10.1 Å². The summed E-state index contributed by atoms with van der Waals surface area (Å²) in [5.41, 5.74) is 1.38. The molecular formula is C20H23NO3. The summed E-state index contributed by atoms with van der Waals surface area (Å²) in [5, 5.41) is 2.78. The van der Waals surface area contributed by atoms with E-state index in [1.54, 1.807) is 48.5 Å². The Balaban J connectivity index is 1.99. The number of ether oxygens (including phenoxy) is 1. The number of benzene rings is 2. The summed E-state index contributed by atoms with van der Waals surface area (Å²) in [7, 11) is 0. The summed E-state index contributed by atoms with van der Waals surface area (Å²) in [6, 6.07) is 15.8. The van der Waals surface area contributed by atoms with Crippen LogP contribution in [-0.4, -0.2) is 18.5 Å². The summed E-state index contributed by atoms with van der Waals surface area (Å²) >= 11 is 0. The summed E-state index contributed by atoms with van der Waals surface area (Å²) in [5.74, 6) is -0.658. The molecule has 2 rings (SSSR count). The van der Waals surface area contributed by atoms with Gasteiger partial charge in [-0.15, -0.1) is 0 Å². The predicted molar refractivity (Wildman–Crippen MR) is 95.3 cm³/mol. The minimum atomic E-state index is -0.407. The van der Waals surface area contributed by atoms with Gasteiger partial charge in [0.05, 0.1) is 17.9 Å². The van der Waals surface area contributed by atoms with Crippen molar-refractivity contribution in [1.29, 1.82) is 0 Å². The molecule has 0 aromatic heterocycles. The van der Waals surface area contributed by atoms with Gasteiger partial charge in [0.1, 0.15) is 0 Å². The Morgan fingerprint density at radius 1 is 0.917 bits per heavy atom. The van der Waals surface area contributed by atoms with E-state index < -0.39 is 5.97 Å². The van der Waals surface area contributed by atoms with Crippen LogP contribution in [0, 0.1) is 0 Å². The summed E-state index contributed by atoms with van der Waals surface area (Å²) in [6.07, 6.45) is 4.19. The average Bonchev–Trinajstić information content (AvgIpc) is 2.62. The molecule has 0 atom stereocenters. The lowest BCUT2D eigenvalue weighted by atomic mass is 10.1. The minimum absolute atomic E-state index is 0.251. The number of hydrogen-bond acceptors (Lipinski definition) is 3. The van der Waals surface area contributed by atoms with Crippen molar-refractivity contribution < 1.29 is 14.3 Å². The summed E-state index contributed by atoms with van der Waals surface area (Å²) < 4.78 is 5.31. The van der Waals surface area contributed by atoms with Crippen LogP contribution < -0.4 is 5.32 Å². The third-order valence-electron chi connectivity index (χ3n) is 3.66.